The van der Waals surface area contributed by atoms with Crippen molar-refractivity contribution in [3.05, 3.63) is 47.2 Å². The van der Waals surface area contributed by atoms with Crippen LogP contribution in [-0.2, 0) is 17.5 Å². The van der Waals surface area contributed by atoms with Crippen LogP contribution in [0.25, 0.3) is 0 Å². The molecule has 2 aromatic rings. The second-order valence-electron chi connectivity index (χ2n) is 8.19. The number of hydrogen-bond acceptors (Lipinski definition) is 5. The number of halogens is 3. The van der Waals surface area contributed by atoms with Crippen LogP contribution in [0.4, 0.5) is 24.9 Å². The third kappa shape index (κ3) is 6.32. The van der Waals surface area contributed by atoms with Crippen molar-refractivity contribution in [3.63, 3.8) is 0 Å². The van der Waals surface area contributed by atoms with Crippen molar-refractivity contribution in [1.82, 2.24) is 15.3 Å². The molecule has 0 atom stereocenters. The van der Waals surface area contributed by atoms with Gasteiger partial charge in [-0.2, -0.15) is 18.2 Å². The van der Waals surface area contributed by atoms with E-state index in [1.54, 1.807) is 6.07 Å². The van der Waals surface area contributed by atoms with E-state index in [0.29, 0.717) is 24.4 Å². The molecular weight excluding hydrogens is 407 g/mol. The maximum Gasteiger partial charge on any atom is 0.416 e. The van der Waals surface area contributed by atoms with E-state index in [0.717, 1.165) is 36.5 Å². The minimum Gasteiger partial charge on any atom is -0.363 e. The van der Waals surface area contributed by atoms with Crippen LogP contribution in [-0.4, -0.2) is 36.0 Å². The molecule has 31 heavy (non-hydrogen) atoms. The fourth-order valence-corrected chi connectivity index (χ4v) is 3.72. The highest BCUT2D eigenvalue weighted by atomic mass is 19.4. The molecule has 0 spiro atoms. The Bertz CT molecular complexity index is 908. The number of benzene rings is 1. The molecule has 3 rings (SSSR count). The summed E-state index contributed by atoms with van der Waals surface area (Å²) in [6.07, 6.45) is -1.37. The molecule has 1 aliphatic rings. The summed E-state index contributed by atoms with van der Waals surface area (Å²) < 4.78 is 38.5. The van der Waals surface area contributed by atoms with E-state index in [9.17, 15) is 18.0 Å². The Morgan fingerprint density at radius 3 is 2.48 bits per heavy atom. The normalized spacial score (nSPS) is 19.0. The van der Waals surface area contributed by atoms with Gasteiger partial charge in [0.05, 0.1) is 5.56 Å². The summed E-state index contributed by atoms with van der Waals surface area (Å²) in [6.45, 7) is 2.01. The Labute approximate surface area is 180 Å². The molecule has 9 heteroatoms. The number of aromatic nitrogens is 2. The van der Waals surface area contributed by atoms with Gasteiger partial charge in [-0.05, 0) is 50.3 Å². The van der Waals surface area contributed by atoms with E-state index in [1.165, 1.54) is 6.07 Å². The van der Waals surface area contributed by atoms with Gasteiger partial charge in [0, 0.05) is 44.4 Å². The van der Waals surface area contributed by atoms with E-state index in [4.69, 9.17) is 0 Å². The first-order valence-electron chi connectivity index (χ1n) is 10.3. The van der Waals surface area contributed by atoms with Crippen LogP contribution >= 0.6 is 0 Å². The number of aryl methyl sites for hydroxylation is 1. The monoisotopic (exact) mass is 435 g/mol. The van der Waals surface area contributed by atoms with E-state index in [-0.39, 0.29) is 24.4 Å². The van der Waals surface area contributed by atoms with Crippen LogP contribution in [0.3, 0.4) is 0 Å². The van der Waals surface area contributed by atoms with Crippen LogP contribution in [0.15, 0.2) is 30.3 Å². The van der Waals surface area contributed by atoms with Crippen LogP contribution in [0.5, 0.6) is 0 Å². The van der Waals surface area contributed by atoms with Crippen LogP contribution in [0.1, 0.15) is 42.5 Å². The van der Waals surface area contributed by atoms with E-state index in [2.05, 4.69) is 20.6 Å². The number of nitrogens with one attached hydrogen (secondary N) is 2. The van der Waals surface area contributed by atoms with Crippen molar-refractivity contribution in [2.75, 3.05) is 24.3 Å². The molecule has 1 saturated carbocycles. The lowest BCUT2D eigenvalue weighted by Crippen LogP contribution is -2.36. The van der Waals surface area contributed by atoms with Gasteiger partial charge in [0.2, 0.25) is 11.9 Å². The van der Waals surface area contributed by atoms with Gasteiger partial charge in [0.1, 0.15) is 5.82 Å². The zero-order chi connectivity index (χ0) is 22.6. The minimum absolute atomic E-state index is 0.0887. The number of alkyl halides is 3. The lowest BCUT2D eigenvalue weighted by Gasteiger charge is -2.28. The fraction of sp³-hybridized carbons (Fsp3) is 0.500. The van der Waals surface area contributed by atoms with Crippen molar-refractivity contribution < 1.29 is 18.0 Å². The summed E-state index contributed by atoms with van der Waals surface area (Å²) >= 11 is 0. The summed E-state index contributed by atoms with van der Waals surface area (Å²) in [5.41, 5.74) is 0.609. The summed E-state index contributed by atoms with van der Waals surface area (Å²) in [6, 6.07) is 7.14. The number of anilines is 2. The van der Waals surface area contributed by atoms with E-state index in [1.807, 2.05) is 32.0 Å². The molecular formula is C22H28F3N5O. The highest BCUT2D eigenvalue weighted by Crippen LogP contribution is 2.30. The Balaban J connectivity index is 1.49. The third-order valence-corrected chi connectivity index (χ3v) is 5.45. The molecule has 1 heterocycles. The molecule has 1 fully saturated rings. The van der Waals surface area contributed by atoms with Gasteiger partial charge in [0.15, 0.2) is 0 Å². The molecule has 0 radical (unpaired) electrons. The highest BCUT2D eigenvalue weighted by Gasteiger charge is 2.30. The minimum atomic E-state index is -4.39. The van der Waals surface area contributed by atoms with Crippen LogP contribution in [0, 0.1) is 12.8 Å². The van der Waals surface area contributed by atoms with Gasteiger partial charge in [-0.15, -0.1) is 0 Å². The molecule has 168 valence electrons. The molecule has 0 bridgehead atoms. The molecule has 0 aliphatic heterocycles. The van der Waals surface area contributed by atoms with Gasteiger partial charge in [-0.25, -0.2) is 4.98 Å². The molecule has 0 unspecified atom stereocenters. The standard InChI is InChI=1S/C22H28F3N5O/c1-14-11-19(30(2)3)29-21(27-14)28-18-9-7-16(8-10-18)20(31)26-13-15-5-4-6-17(12-15)22(23,24)25/h4-6,11-12,16,18H,7-10,13H2,1-3H3,(H,26,31)(H,27,28,29). The zero-order valence-electron chi connectivity index (χ0n) is 18.0. The van der Waals surface area contributed by atoms with Gasteiger partial charge in [-0.1, -0.05) is 12.1 Å². The van der Waals surface area contributed by atoms with E-state index >= 15 is 0 Å². The van der Waals surface area contributed by atoms with Gasteiger partial charge in [-0.3, -0.25) is 4.79 Å². The van der Waals surface area contributed by atoms with Crippen molar-refractivity contribution in [1.29, 1.82) is 0 Å². The third-order valence-electron chi connectivity index (χ3n) is 5.45. The number of carbonyl (C=O) groups is 1. The SMILES string of the molecule is Cc1cc(N(C)C)nc(NC2CCC(C(=O)NCc3cccc(C(F)(F)F)c3)CC2)n1. The largest absolute Gasteiger partial charge is 0.416 e. The summed E-state index contributed by atoms with van der Waals surface area (Å²) in [5.74, 6) is 1.16. The summed E-state index contributed by atoms with van der Waals surface area (Å²) in [7, 11) is 3.85. The number of nitrogens with zero attached hydrogens (tertiary/aromatic N) is 3. The van der Waals surface area contributed by atoms with Crippen molar-refractivity contribution in [3.8, 4) is 0 Å². The number of carbonyl (C=O) groups excluding carboxylic acids is 1. The molecule has 6 nitrogen and oxygen atoms in total. The molecule has 1 aliphatic carbocycles. The van der Waals surface area contributed by atoms with Gasteiger partial charge < -0.3 is 15.5 Å². The van der Waals surface area contributed by atoms with Crippen LogP contribution < -0.4 is 15.5 Å². The number of amides is 1. The quantitative estimate of drug-likeness (QED) is 0.713. The van der Waals surface area contributed by atoms with Crippen molar-refractivity contribution in [2.45, 2.75) is 51.4 Å². The topological polar surface area (TPSA) is 70.2 Å². The molecule has 0 saturated heterocycles. The first kappa shape index (κ1) is 22.8. The van der Waals surface area contributed by atoms with E-state index < -0.39 is 11.7 Å². The Morgan fingerprint density at radius 1 is 1.13 bits per heavy atom. The zero-order valence-corrected chi connectivity index (χ0v) is 18.0. The average molecular weight is 435 g/mol. The maximum absolute atomic E-state index is 12.8. The molecule has 2 N–H and O–H groups in total. The molecule has 1 aromatic carbocycles. The number of hydrogen-bond donors (Lipinski definition) is 2. The smallest absolute Gasteiger partial charge is 0.363 e. The second kappa shape index (κ2) is 9.53. The number of rotatable bonds is 6. The lowest BCUT2D eigenvalue weighted by molar-refractivity contribution is -0.137. The molecule has 1 aromatic heterocycles. The Morgan fingerprint density at radius 2 is 1.84 bits per heavy atom. The first-order valence-corrected chi connectivity index (χ1v) is 10.3. The van der Waals surface area contributed by atoms with Gasteiger partial charge in [0.25, 0.3) is 0 Å². The van der Waals surface area contributed by atoms with Crippen molar-refractivity contribution in [2.24, 2.45) is 5.92 Å². The molecule has 1 amide bonds. The van der Waals surface area contributed by atoms with Gasteiger partial charge >= 0.3 is 6.18 Å². The summed E-state index contributed by atoms with van der Waals surface area (Å²) in [5, 5.41) is 6.15. The predicted octanol–water partition coefficient (Wildman–Crippen LogP) is 4.16. The lowest BCUT2D eigenvalue weighted by atomic mass is 9.85. The average Bonchev–Trinajstić information content (AvgIpc) is 2.71. The second-order valence-corrected chi connectivity index (χ2v) is 8.19. The Hall–Kier alpha value is -2.84. The Kier molecular flexibility index (Phi) is 7.02. The fourth-order valence-electron chi connectivity index (χ4n) is 3.72. The predicted molar refractivity (Wildman–Crippen MR) is 114 cm³/mol. The highest BCUT2D eigenvalue weighted by molar-refractivity contribution is 5.78. The first-order chi connectivity index (χ1) is 14.6. The van der Waals surface area contributed by atoms with Crippen molar-refractivity contribution >= 4 is 17.7 Å². The van der Waals surface area contributed by atoms with Crippen LogP contribution in [0.2, 0.25) is 0 Å². The summed E-state index contributed by atoms with van der Waals surface area (Å²) in [4.78, 5) is 23.4. The maximum atomic E-state index is 12.8.